The van der Waals surface area contributed by atoms with Gasteiger partial charge in [0.1, 0.15) is 5.60 Å². The number of hydrogen-bond acceptors (Lipinski definition) is 3. The molecule has 2 fully saturated rings. The van der Waals surface area contributed by atoms with E-state index < -0.39 is 5.60 Å². The highest BCUT2D eigenvalue weighted by Gasteiger charge is 2.32. The van der Waals surface area contributed by atoms with Gasteiger partial charge in [0.05, 0.1) is 0 Å². The van der Waals surface area contributed by atoms with Crippen molar-refractivity contribution >= 4 is 6.09 Å². The second-order valence-electron chi connectivity index (χ2n) is 6.71. The van der Waals surface area contributed by atoms with E-state index in [9.17, 15) is 4.79 Å². The molecule has 0 aromatic heterocycles. The van der Waals surface area contributed by atoms with Gasteiger partial charge in [-0.1, -0.05) is 0 Å². The average molecular weight is 254 g/mol. The zero-order valence-electron chi connectivity index (χ0n) is 12.1. The molecule has 18 heavy (non-hydrogen) atoms. The summed E-state index contributed by atoms with van der Waals surface area (Å²) in [5.74, 6) is 0.917. The molecule has 1 heterocycles. The molecular weight excluding hydrogens is 228 g/mol. The molecule has 1 unspecified atom stereocenters. The Morgan fingerprint density at radius 1 is 1.28 bits per heavy atom. The number of ether oxygens (including phenoxy) is 1. The Bertz CT molecular complexity index is 307. The van der Waals surface area contributed by atoms with E-state index in [-0.39, 0.29) is 6.09 Å². The number of nitrogens with zero attached hydrogens (tertiary/aromatic N) is 2. The first-order valence-corrected chi connectivity index (χ1v) is 7.07. The van der Waals surface area contributed by atoms with E-state index in [2.05, 4.69) is 11.8 Å². The Morgan fingerprint density at radius 3 is 2.44 bits per heavy atom. The second-order valence-corrected chi connectivity index (χ2v) is 6.71. The Labute approximate surface area is 110 Å². The van der Waals surface area contributed by atoms with Crippen LogP contribution in [0.1, 0.15) is 40.5 Å². The molecule has 1 aliphatic heterocycles. The minimum atomic E-state index is -0.397. The molecule has 1 atom stereocenters. The van der Waals surface area contributed by atoms with Gasteiger partial charge in [0.2, 0.25) is 0 Å². The molecule has 2 aliphatic rings. The van der Waals surface area contributed by atoms with Crippen molar-refractivity contribution in [1.29, 1.82) is 0 Å². The van der Waals surface area contributed by atoms with Crippen molar-refractivity contribution in [3.63, 3.8) is 0 Å². The highest BCUT2D eigenvalue weighted by molar-refractivity contribution is 5.68. The van der Waals surface area contributed by atoms with Crippen molar-refractivity contribution in [2.24, 2.45) is 5.92 Å². The highest BCUT2D eigenvalue weighted by atomic mass is 16.6. The third kappa shape index (κ3) is 3.87. The maximum absolute atomic E-state index is 12.0. The fourth-order valence-corrected chi connectivity index (χ4v) is 2.39. The van der Waals surface area contributed by atoms with Crippen molar-refractivity contribution in [2.45, 2.75) is 52.2 Å². The Kier molecular flexibility index (Phi) is 3.85. The monoisotopic (exact) mass is 254 g/mol. The first-order chi connectivity index (χ1) is 8.35. The number of amides is 1. The van der Waals surface area contributed by atoms with Crippen LogP contribution in [0.4, 0.5) is 4.79 Å². The van der Waals surface area contributed by atoms with Gasteiger partial charge in [-0.3, -0.25) is 4.90 Å². The minimum Gasteiger partial charge on any atom is -0.444 e. The fraction of sp³-hybridized carbons (Fsp3) is 0.929. The van der Waals surface area contributed by atoms with E-state index in [0.717, 1.165) is 25.6 Å². The molecule has 0 aromatic carbocycles. The van der Waals surface area contributed by atoms with Crippen LogP contribution in [0.5, 0.6) is 0 Å². The lowest BCUT2D eigenvalue weighted by molar-refractivity contribution is 0.00521. The maximum atomic E-state index is 12.0. The van der Waals surface area contributed by atoms with Gasteiger partial charge in [-0.2, -0.15) is 0 Å². The van der Waals surface area contributed by atoms with Crippen molar-refractivity contribution in [1.82, 2.24) is 9.80 Å². The number of carbonyl (C=O) groups is 1. The summed E-state index contributed by atoms with van der Waals surface area (Å²) in [6.45, 7) is 11.7. The van der Waals surface area contributed by atoms with E-state index >= 15 is 0 Å². The molecule has 1 saturated carbocycles. The molecule has 0 N–H and O–H groups in total. The van der Waals surface area contributed by atoms with Gasteiger partial charge < -0.3 is 9.64 Å². The van der Waals surface area contributed by atoms with E-state index in [1.807, 2.05) is 25.7 Å². The number of rotatable bonds is 2. The topological polar surface area (TPSA) is 32.8 Å². The summed E-state index contributed by atoms with van der Waals surface area (Å²) in [5.41, 5.74) is -0.397. The lowest BCUT2D eigenvalue weighted by Gasteiger charge is -2.40. The van der Waals surface area contributed by atoms with Crippen molar-refractivity contribution in [3.8, 4) is 0 Å². The van der Waals surface area contributed by atoms with Crippen LogP contribution in [0.2, 0.25) is 0 Å². The maximum Gasteiger partial charge on any atom is 0.410 e. The average Bonchev–Trinajstić information content (AvgIpc) is 3.02. The molecule has 104 valence electrons. The Balaban J connectivity index is 1.81. The molecule has 4 nitrogen and oxygen atoms in total. The van der Waals surface area contributed by atoms with Crippen LogP contribution in [-0.4, -0.2) is 53.7 Å². The van der Waals surface area contributed by atoms with Crippen LogP contribution in [0.25, 0.3) is 0 Å². The zero-order valence-corrected chi connectivity index (χ0v) is 12.1. The molecule has 0 radical (unpaired) electrons. The van der Waals surface area contributed by atoms with E-state index in [0.29, 0.717) is 6.04 Å². The summed E-state index contributed by atoms with van der Waals surface area (Å²) in [6, 6.07) is 0.451. The molecular formula is C14H26N2O2. The largest absolute Gasteiger partial charge is 0.444 e. The molecule has 4 heteroatoms. The van der Waals surface area contributed by atoms with Crippen LogP contribution in [0, 0.1) is 5.92 Å². The van der Waals surface area contributed by atoms with Crippen molar-refractivity contribution < 1.29 is 9.53 Å². The third-order valence-corrected chi connectivity index (χ3v) is 3.61. The van der Waals surface area contributed by atoms with Crippen LogP contribution < -0.4 is 0 Å². The predicted molar refractivity (Wildman–Crippen MR) is 71.6 cm³/mol. The summed E-state index contributed by atoms with van der Waals surface area (Å²) >= 11 is 0. The molecule has 2 rings (SSSR count). The van der Waals surface area contributed by atoms with E-state index in [1.165, 1.54) is 19.4 Å². The smallest absolute Gasteiger partial charge is 0.410 e. The van der Waals surface area contributed by atoms with Crippen LogP contribution in [0.3, 0.4) is 0 Å². The Hall–Kier alpha value is -0.770. The van der Waals surface area contributed by atoms with Crippen LogP contribution in [-0.2, 0) is 4.74 Å². The molecule has 1 saturated heterocycles. The van der Waals surface area contributed by atoms with Gasteiger partial charge in [-0.05, 0) is 46.5 Å². The molecule has 0 spiro atoms. The van der Waals surface area contributed by atoms with Gasteiger partial charge in [0, 0.05) is 32.2 Å². The second kappa shape index (κ2) is 5.08. The Morgan fingerprint density at radius 2 is 1.94 bits per heavy atom. The van der Waals surface area contributed by atoms with Crippen molar-refractivity contribution in [2.75, 3.05) is 26.2 Å². The predicted octanol–water partition coefficient (Wildman–Crippen LogP) is 2.34. The van der Waals surface area contributed by atoms with Gasteiger partial charge >= 0.3 is 6.09 Å². The van der Waals surface area contributed by atoms with Crippen molar-refractivity contribution in [3.05, 3.63) is 0 Å². The first kappa shape index (κ1) is 13.7. The number of hydrogen-bond donors (Lipinski definition) is 0. The van der Waals surface area contributed by atoms with E-state index in [1.54, 1.807) is 0 Å². The summed E-state index contributed by atoms with van der Waals surface area (Å²) in [7, 11) is 0. The SMILES string of the molecule is CC1CN(C(=O)OC(C)(C)C)CCN1CC1CC1. The third-order valence-electron chi connectivity index (χ3n) is 3.61. The minimum absolute atomic E-state index is 0.166. The van der Waals surface area contributed by atoms with Gasteiger partial charge in [-0.15, -0.1) is 0 Å². The van der Waals surface area contributed by atoms with E-state index in [4.69, 9.17) is 4.74 Å². The molecule has 0 aromatic rings. The first-order valence-electron chi connectivity index (χ1n) is 7.07. The summed E-state index contributed by atoms with van der Waals surface area (Å²) in [6.07, 6.45) is 2.61. The van der Waals surface area contributed by atoms with Crippen LogP contribution in [0.15, 0.2) is 0 Å². The van der Waals surface area contributed by atoms with Crippen LogP contribution >= 0.6 is 0 Å². The summed E-state index contributed by atoms with van der Waals surface area (Å²) < 4.78 is 5.42. The zero-order chi connectivity index (χ0) is 13.3. The fourth-order valence-electron chi connectivity index (χ4n) is 2.39. The standard InChI is InChI=1S/C14H26N2O2/c1-11-9-16(13(17)18-14(2,3)4)8-7-15(11)10-12-5-6-12/h11-12H,5-10H2,1-4H3. The highest BCUT2D eigenvalue weighted by Crippen LogP contribution is 2.30. The number of carbonyl (C=O) groups excluding carboxylic acids is 1. The van der Waals surface area contributed by atoms with Gasteiger partial charge in [-0.25, -0.2) is 4.79 Å². The quantitative estimate of drug-likeness (QED) is 0.758. The summed E-state index contributed by atoms with van der Waals surface area (Å²) in [5, 5.41) is 0. The molecule has 1 aliphatic carbocycles. The number of piperazine rings is 1. The summed E-state index contributed by atoms with van der Waals surface area (Å²) in [4.78, 5) is 16.3. The van der Waals surface area contributed by atoms with Gasteiger partial charge in [0.25, 0.3) is 0 Å². The molecule has 1 amide bonds. The van der Waals surface area contributed by atoms with Gasteiger partial charge in [0.15, 0.2) is 0 Å². The normalized spacial score (nSPS) is 26.2. The lowest BCUT2D eigenvalue weighted by Crippen LogP contribution is -2.54. The molecule has 0 bridgehead atoms. The lowest BCUT2D eigenvalue weighted by atomic mass is 10.1.